The molecular weight excluding hydrogens is 316 g/mol. The van der Waals surface area contributed by atoms with Crippen LogP contribution in [0.4, 0.5) is 0 Å². The molecule has 2 aromatic rings. The molecule has 1 fully saturated rings. The van der Waals surface area contributed by atoms with Gasteiger partial charge in [-0.15, -0.1) is 5.92 Å². The van der Waals surface area contributed by atoms with Crippen molar-refractivity contribution in [2.45, 2.75) is 6.04 Å². The molecule has 0 amide bonds. The second-order valence-electron chi connectivity index (χ2n) is 6.03. The zero-order valence-electron chi connectivity index (χ0n) is 13.8. The zero-order valence-corrected chi connectivity index (χ0v) is 14.5. The molecule has 3 heteroatoms. The van der Waals surface area contributed by atoms with Crippen molar-refractivity contribution in [1.82, 2.24) is 9.80 Å². The molecule has 2 nitrogen and oxygen atoms in total. The quantitative estimate of drug-likeness (QED) is 0.781. The van der Waals surface area contributed by atoms with E-state index in [-0.39, 0.29) is 6.04 Å². The van der Waals surface area contributed by atoms with Crippen LogP contribution in [-0.2, 0) is 0 Å². The van der Waals surface area contributed by atoms with Crippen molar-refractivity contribution in [3.8, 4) is 11.8 Å². The van der Waals surface area contributed by atoms with Crippen LogP contribution < -0.4 is 0 Å². The highest BCUT2D eigenvalue weighted by atomic mass is 35.5. The van der Waals surface area contributed by atoms with Crippen LogP contribution in [0.1, 0.15) is 17.2 Å². The summed E-state index contributed by atoms with van der Waals surface area (Å²) in [6.07, 6.45) is 0. The summed E-state index contributed by atoms with van der Waals surface area (Å²) in [5, 5.41) is 0.780. The van der Waals surface area contributed by atoms with Gasteiger partial charge in [-0.05, 0) is 23.3 Å². The lowest BCUT2D eigenvalue weighted by atomic mass is 9.96. The van der Waals surface area contributed by atoms with Gasteiger partial charge >= 0.3 is 0 Å². The molecule has 123 valence electrons. The largest absolute Gasteiger partial charge is 0.290 e. The Morgan fingerprint density at radius 2 is 1.54 bits per heavy atom. The maximum Gasteiger partial charge on any atom is 0.0602 e. The summed E-state index contributed by atoms with van der Waals surface area (Å²) in [4.78, 5) is 4.94. The third-order valence-corrected chi connectivity index (χ3v) is 4.75. The van der Waals surface area contributed by atoms with E-state index in [2.05, 4.69) is 71.0 Å². The summed E-state index contributed by atoms with van der Waals surface area (Å²) in [5.74, 6) is 5.80. The van der Waals surface area contributed by atoms with Gasteiger partial charge in [0.15, 0.2) is 0 Å². The summed E-state index contributed by atoms with van der Waals surface area (Å²) >= 11 is 6.08. The molecule has 24 heavy (non-hydrogen) atoms. The Morgan fingerprint density at radius 1 is 0.917 bits per heavy atom. The molecule has 1 radical (unpaired) electrons. The number of hydrogen-bond acceptors (Lipinski definition) is 2. The minimum atomic E-state index is 0.268. The number of benzene rings is 2. The van der Waals surface area contributed by atoms with E-state index in [0.29, 0.717) is 0 Å². The van der Waals surface area contributed by atoms with E-state index in [1.165, 1.54) is 11.1 Å². The van der Waals surface area contributed by atoms with Crippen molar-refractivity contribution < 1.29 is 0 Å². The van der Waals surface area contributed by atoms with Gasteiger partial charge < -0.3 is 0 Å². The second kappa shape index (κ2) is 8.35. The molecular formula is C21H22ClN2. The molecule has 3 rings (SSSR count). The zero-order chi connectivity index (χ0) is 16.8. The summed E-state index contributed by atoms with van der Waals surface area (Å²) in [5.41, 5.74) is 2.61. The van der Waals surface area contributed by atoms with E-state index in [4.69, 9.17) is 11.6 Å². The SMILES string of the molecule is [CH2]C#CCN1CCN(C(c2ccccc2)c2ccc(Cl)cc2)CC1. The molecule has 1 aliphatic heterocycles. The first-order chi connectivity index (χ1) is 11.8. The highest BCUT2D eigenvalue weighted by Gasteiger charge is 2.26. The molecule has 0 N–H and O–H groups in total. The van der Waals surface area contributed by atoms with Crippen LogP contribution in [0.5, 0.6) is 0 Å². The predicted octanol–water partition coefficient (Wildman–Crippen LogP) is 3.88. The number of hydrogen-bond donors (Lipinski definition) is 0. The normalized spacial score (nSPS) is 17.1. The van der Waals surface area contributed by atoms with E-state index in [1.54, 1.807) is 0 Å². The smallest absolute Gasteiger partial charge is 0.0602 e. The number of piperazine rings is 1. The molecule has 2 aromatic carbocycles. The van der Waals surface area contributed by atoms with Gasteiger partial charge in [-0.3, -0.25) is 9.80 Å². The Morgan fingerprint density at radius 3 is 2.17 bits per heavy atom. The fraction of sp³-hybridized carbons (Fsp3) is 0.286. The monoisotopic (exact) mass is 337 g/mol. The van der Waals surface area contributed by atoms with Crippen molar-refractivity contribution in [2.75, 3.05) is 32.7 Å². The maximum atomic E-state index is 6.08. The third kappa shape index (κ3) is 4.19. The standard InChI is InChI=1S/C21H22ClN2/c1-2-3-13-23-14-16-24(17-15-23)21(18-7-5-4-6-8-18)19-9-11-20(22)12-10-19/h4-12,21H,1,13-17H2. The van der Waals surface area contributed by atoms with Crippen molar-refractivity contribution in [3.63, 3.8) is 0 Å². The molecule has 1 atom stereocenters. The average molecular weight is 338 g/mol. The Kier molecular flexibility index (Phi) is 5.93. The van der Waals surface area contributed by atoms with Gasteiger partial charge in [0.05, 0.1) is 12.6 Å². The Labute approximate surface area is 150 Å². The molecule has 1 heterocycles. The molecule has 0 saturated carbocycles. The van der Waals surface area contributed by atoms with Crippen molar-refractivity contribution in [3.05, 3.63) is 77.7 Å². The average Bonchev–Trinajstić information content (AvgIpc) is 2.64. The van der Waals surface area contributed by atoms with E-state index < -0.39 is 0 Å². The van der Waals surface area contributed by atoms with Gasteiger partial charge in [-0.2, -0.15) is 0 Å². The van der Waals surface area contributed by atoms with Crippen LogP contribution in [0.15, 0.2) is 54.6 Å². The molecule has 0 aromatic heterocycles. The Hall–Kier alpha value is -1.79. The second-order valence-corrected chi connectivity index (χ2v) is 6.47. The van der Waals surface area contributed by atoms with Crippen LogP contribution in [0.25, 0.3) is 0 Å². The molecule has 1 unspecified atom stereocenters. The first-order valence-electron chi connectivity index (χ1n) is 8.29. The molecule has 1 saturated heterocycles. The van der Waals surface area contributed by atoms with Gasteiger partial charge in [-0.25, -0.2) is 0 Å². The van der Waals surface area contributed by atoms with Crippen LogP contribution in [0.3, 0.4) is 0 Å². The molecule has 0 spiro atoms. The number of rotatable bonds is 4. The van der Waals surface area contributed by atoms with E-state index in [1.807, 2.05) is 12.1 Å². The van der Waals surface area contributed by atoms with Gasteiger partial charge in [-0.1, -0.05) is 60.0 Å². The van der Waals surface area contributed by atoms with Gasteiger partial charge in [0.1, 0.15) is 0 Å². The van der Waals surface area contributed by atoms with Gasteiger partial charge in [0, 0.05) is 38.1 Å². The predicted molar refractivity (Wildman–Crippen MR) is 101 cm³/mol. The van der Waals surface area contributed by atoms with Crippen LogP contribution in [-0.4, -0.2) is 42.5 Å². The summed E-state index contributed by atoms with van der Waals surface area (Å²) in [6, 6.07) is 19.2. The van der Waals surface area contributed by atoms with Crippen LogP contribution >= 0.6 is 11.6 Å². The molecule has 1 aliphatic rings. The summed E-state index contributed by atoms with van der Waals surface area (Å²) < 4.78 is 0. The van der Waals surface area contributed by atoms with E-state index in [0.717, 1.165) is 37.7 Å². The molecule has 0 aliphatic carbocycles. The van der Waals surface area contributed by atoms with Crippen molar-refractivity contribution in [1.29, 1.82) is 0 Å². The first kappa shape index (κ1) is 17.0. The van der Waals surface area contributed by atoms with Gasteiger partial charge in [0.2, 0.25) is 0 Å². The fourth-order valence-electron chi connectivity index (χ4n) is 3.24. The maximum absolute atomic E-state index is 6.08. The van der Waals surface area contributed by atoms with Crippen molar-refractivity contribution >= 4 is 11.6 Å². The van der Waals surface area contributed by atoms with Crippen molar-refractivity contribution in [2.24, 2.45) is 0 Å². The van der Waals surface area contributed by atoms with Gasteiger partial charge in [0.25, 0.3) is 0 Å². The third-order valence-electron chi connectivity index (χ3n) is 4.50. The first-order valence-corrected chi connectivity index (χ1v) is 8.67. The summed E-state index contributed by atoms with van der Waals surface area (Å²) in [6.45, 7) is 8.53. The Bertz CT molecular complexity index is 692. The fourth-order valence-corrected chi connectivity index (χ4v) is 3.37. The van der Waals surface area contributed by atoms with Crippen LogP contribution in [0, 0.1) is 18.8 Å². The lowest BCUT2D eigenvalue weighted by molar-refractivity contribution is 0.119. The highest BCUT2D eigenvalue weighted by molar-refractivity contribution is 6.30. The minimum Gasteiger partial charge on any atom is -0.290 e. The lowest BCUT2D eigenvalue weighted by Crippen LogP contribution is -2.47. The number of nitrogens with zero attached hydrogens (tertiary/aromatic N) is 2. The summed E-state index contributed by atoms with van der Waals surface area (Å²) in [7, 11) is 0. The van der Waals surface area contributed by atoms with Crippen LogP contribution in [0.2, 0.25) is 5.02 Å². The molecule has 0 bridgehead atoms. The Balaban J connectivity index is 1.81. The highest BCUT2D eigenvalue weighted by Crippen LogP contribution is 2.30. The number of halogens is 1. The topological polar surface area (TPSA) is 6.48 Å². The van der Waals surface area contributed by atoms with E-state index in [9.17, 15) is 0 Å². The van der Waals surface area contributed by atoms with E-state index >= 15 is 0 Å². The lowest BCUT2D eigenvalue weighted by Gasteiger charge is -2.39. The minimum absolute atomic E-state index is 0.268.